The van der Waals surface area contributed by atoms with Gasteiger partial charge in [0.15, 0.2) is 0 Å². The molecule has 2 amide bonds. The summed E-state index contributed by atoms with van der Waals surface area (Å²) in [6.45, 7) is 2.97. The Kier molecular flexibility index (Phi) is 6.17. The lowest BCUT2D eigenvalue weighted by molar-refractivity contribution is -0.147. The van der Waals surface area contributed by atoms with Crippen molar-refractivity contribution in [1.82, 2.24) is 4.90 Å². The number of carbonyl (C=O) groups excluding carboxylic acids is 1. The van der Waals surface area contributed by atoms with Crippen LogP contribution in [-0.4, -0.2) is 52.4 Å². The summed E-state index contributed by atoms with van der Waals surface area (Å²) in [6, 6.07) is 24.4. The number of anilines is 2. The van der Waals surface area contributed by atoms with Gasteiger partial charge >= 0.3 is 12.0 Å². The highest BCUT2D eigenvalue weighted by atomic mass is 32.2. The predicted molar refractivity (Wildman–Crippen MR) is 130 cm³/mol. The zero-order valence-electron chi connectivity index (χ0n) is 18.5. The first-order chi connectivity index (χ1) is 16.5. The summed E-state index contributed by atoms with van der Waals surface area (Å²) in [5.74, 6) is -1.00. The van der Waals surface area contributed by atoms with Gasteiger partial charge in [-0.1, -0.05) is 36.4 Å². The molecule has 5 rings (SSSR count). The van der Waals surface area contributed by atoms with Crippen molar-refractivity contribution < 1.29 is 18.9 Å². The molecule has 1 atom stereocenters. The molecule has 1 unspecified atom stereocenters. The highest BCUT2D eigenvalue weighted by Gasteiger charge is 2.33. The maximum absolute atomic E-state index is 13.2. The Hall–Kier alpha value is -3.49. The number of urea groups is 1. The minimum Gasteiger partial charge on any atom is -0.481 e. The van der Waals surface area contributed by atoms with Crippen molar-refractivity contribution >= 4 is 34.2 Å². The summed E-state index contributed by atoms with van der Waals surface area (Å²) in [6.07, 6.45) is 0. The van der Waals surface area contributed by atoms with Gasteiger partial charge in [0.05, 0.1) is 16.7 Å². The molecule has 3 aromatic carbocycles. The number of rotatable bonds is 7. The fraction of sp³-hybridized carbons (Fsp3) is 0.231. The summed E-state index contributed by atoms with van der Waals surface area (Å²) in [5.41, 5.74) is 2.65. The molecule has 174 valence electrons. The predicted octanol–water partition coefficient (Wildman–Crippen LogP) is 3.82. The van der Waals surface area contributed by atoms with Gasteiger partial charge in [-0.3, -0.25) is 19.5 Å². The molecule has 34 heavy (non-hydrogen) atoms. The topological polar surface area (TPSA) is 81.2 Å². The van der Waals surface area contributed by atoms with E-state index in [1.54, 1.807) is 9.80 Å². The average molecular weight is 476 g/mol. The molecule has 3 aromatic rings. The summed E-state index contributed by atoms with van der Waals surface area (Å²) in [4.78, 5) is 31.1. The maximum Gasteiger partial charge on any atom is 0.329 e. The molecular formula is C26H25N3O4S. The van der Waals surface area contributed by atoms with E-state index in [1.807, 2.05) is 78.9 Å². The molecule has 0 radical (unpaired) electrons. The fourth-order valence-corrected chi connectivity index (χ4v) is 5.46. The van der Waals surface area contributed by atoms with Gasteiger partial charge in [0, 0.05) is 53.9 Å². The molecule has 0 aromatic heterocycles. The van der Waals surface area contributed by atoms with Crippen LogP contribution in [0, 0.1) is 5.92 Å². The van der Waals surface area contributed by atoms with Crippen molar-refractivity contribution in [2.45, 2.75) is 16.3 Å². The van der Waals surface area contributed by atoms with E-state index in [4.69, 9.17) is 5.11 Å². The van der Waals surface area contributed by atoms with E-state index in [9.17, 15) is 13.8 Å². The van der Waals surface area contributed by atoms with Crippen LogP contribution in [-0.2, 0) is 22.1 Å². The third-order valence-corrected chi connectivity index (χ3v) is 7.65. The highest BCUT2D eigenvalue weighted by molar-refractivity contribution is 7.85. The van der Waals surface area contributed by atoms with Gasteiger partial charge in [0.1, 0.15) is 0 Å². The van der Waals surface area contributed by atoms with Crippen LogP contribution in [0.4, 0.5) is 16.2 Å². The van der Waals surface area contributed by atoms with Gasteiger partial charge in [-0.2, -0.15) is 0 Å². The molecule has 2 aliphatic heterocycles. The summed E-state index contributed by atoms with van der Waals surface area (Å²) in [7, 11) is -1.31. The molecule has 0 aliphatic carbocycles. The second kappa shape index (κ2) is 9.40. The Balaban J connectivity index is 1.25. The van der Waals surface area contributed by atoms with Gasteiger partial charge in [0.2, 0.25) is 0 Å². The summed E-state index contributed by atoms with van der Waals surface area (Å²) < 4.78 is 12.9. The van der Waals surface area contributed by atoms with Crippen LogP contribution >= 0.6 is 0 Å². The average Bonchev–Trinajstić information content (AvgIpc) is 3.22. The minimum atomic E-state index is -1.31. The van der Waals surface area contributed by atoms with E-state index in [0.29, 0.717) is 37.6 Å². The number of carboxylic acid groups (broad SMARTS) is 1. The number of amides is 2. The van der Waals surface area contributed by atoms with Crippen molar-refractivity contribution in [3.63, 3.8) is 0 Å². The SMILES string of the molecule is O=C(O)C1CN(Cc2ccc(N3CCN(c4cccc(S(=O)c5ccccc5)c4)C3=O)cc2)C1. The van der Waals surface area contributed by atoms with Gasteiger partial charge in [-0.05, 0) is 48.0 Å². The number of carbonyl (C=O) groups is 2. The Morgan fingerprint density at radius 2 is 1.50 bits per heavy atom. The number of hydrogen-bond donors (Lipinski definition) is 1. The number of nitrogens with zero attached hydrogens (tertiary/aromatic N) is 3. The van der Waals surface area contributed by atoms with Crippen LogP contribution in [0.2, 0.25) is 0 Å². The van der Waals surface area contributed by atoms with E-state index in [2.05, 4.69) is 4.90 Å². The van der Waals surface area contributed by atoms with Crippen LogP contribution in [0.1, 0.15) is 5.56 Å². The van der Waals surface area contributed by atoms with E-state index >= 15 is 0 Å². The monoisotopic (exact) mass is 475 g/mol. The number of carboxylic acids is 1. The van der Waals surface area contributed by atoms with Gasteiger partial charge in [-0.15, -0.1) is 0 Å². The second-order valence-electron chi connectivity index (χ2n) is 8.56. The molecule has 2 heterocycles. The van der Waals surface area contributed by atoms with Crippen molar-refractivity contribution in [3.8, 4) is 0 Å². The van der Waals surface area contributed by atoms with Crippen LogP contribution in [0.25, 0.3) is 0 Å². The number of aliphatic carboxylic acids is 1. The van der Waals surface area contributed by atoms with Gasteiger partial charge < -0.3 is 5.11 Å². The molecule has 2 aliphatic rings. The molecule has 0 spiro atoms. The lowest BCUT2D eigenvalue weighted by atomic mass is 9.99. The van der Waals surface area contributed by atoms with Crippen LogP contribution in [0.5, 0.6) is 0 Å². The van der Waals surface area contributed by atoms with E-state index < -0.39 is 16.8 Å². The first-order valence-electron chi connectivity index (χ1n) is 11.2. The normalized spacial score (nSPS) is 17.6. The van der Waals surface area contributed by atoms with Crippen molar-refractivity contribution in [2.75, 3.05) is 36.0 Å². The van der Waals surface area contributed by atoms with E-state index in [0.717, 1.165) is 21.8 Å². The molecule has 0 saturated carbocycles. The van der Waals surface area contributed by atoms with Crippen molar-refractivity contribution in [1.29, 1.82) is 0 Å². The second-order valence-corrected chi connectivity index (χ2v) is 10.0. The number of likely N-dealkylation sites (tertiary alicyclic amines) is 1. The smallest absolute Gasteiger partial charge is 0.329 e. The van der Waals surface area contributed by atoms with Gasteiger partial charge in [-0.25, -0.2) is 9.00 Å². The largest absolute Gasteiger partial charge is 0.481 e. The molecule has 7 nitrogen and oxygen atoms in total. The van der Waals surface area contributed by atoms with E-state index in [1.165, 1.54) is 0 Å². The van der Waals surface area contributed by atoms with Crippen LogP contribution in [0.15, 0.2) is 88.7 Å². The number of benzene rings is 3. The zero-order valence-corrected chi connectivity index (χ0v) is 19.4. The molecule has 0 bridgehead atoms. The summed E-state index contributed by atoms with van der Waals surface area (Å²) in [5, 5.41) is 9.01. The lowest BCUT2D eigenvalue weighted by Crippen LogP contribution is -2.49. The molecule has 8 heteroatoms. The molecular weight excluding hydrogens is 450 g/mol. The Labute approximate surface area is 200 Å². The third-order valence-electron chi connectivity index (χ3n) is 6.27. The fourth-order valence-electron chi connectivity index (χ4n) is 4.36. The first kappa shape index (κ1) is 22.3. The van der Waals surface area contributed by atoms with Crippen LogP contribution < -0.4 is 9.80 Å². The van der Waals surface area contributed by atoms with Crippen LogP contribution in [0.3, 0.4) is 0 Å². The minimum absolute atomic E-state index is 0.109. The lowest BCUT2D eigenvalue weighted by Gasteiger charge is -2.36. The van der Waals surface area contributed by atoms with Gasteiger partial charge in [0.25, 0.3) is 0 Å². The Bertz CT molecular complexity index is 1230. The van der Waals surface area contributed by atoms with Crippen molar-refractivity contribution in [2.24, 2.45) is 5.92 Å². The molecule has 1 N–H and O–H groups in total. The number of hydrogen-bond acceptors (Lipinski definition) is 4. The molecule has 2 fully saturated rings. The maximum atomic E-state index is 13.2. The third kappa shape index (κ3) is 4.47. The van der Waals surface area contributed by atoms with Crippen molar-refractivity contribution in [3.05, 3.63) is 84.4 Å². The Morgan fingerprint density at radius 3 is 2.18 bits per heavy atom. The Morgan fingerprint density at radius 1 is 0.853 bits per heavy atom. The molecule has 2 saturated heterocycles. The quantitative estimate of drug-likeness (QED) is 0.562. The summed E-state index contributed by atoms with van der Waals surface area (Å²) >= 11 is 0. The zero-order chi connectivity index (χ0) is 23.7. The van der Waals surface area contributed by atoms with E-state index in [-0.39, 0.29) is 11.9 Å². The standard InChI is InChI=1S/C26H25N3O4S/c30-25(31)20-17-27(18-20)16-19-9-11-21(12-10-19)28-13-14-29(26(28)32)22-5-4-8-24(15-22)34(33)23-6-2-1-3-7-23/h1-12,15,20H,13-14,16-18H2,(H,30,31). The first-order valence-corrected chi connectivity index (χ1v) is 12.3. The highest BCUT2D eigenvalue weighted by Crippen LogP contribution is 2.28.